The third-order valence-corrected chi connectivity index (χ3v) is 4.63. The Morgan fingerprint density at radius 1 is 1.35 bits per heavy atom. The number of hydrogen-bond donors (Lipinski definition) is 1. The van der Waals surface area contributed by atoms with Crippen LogP contribution in [0.2, 0.25) is 0 Å². The van der Waals surface area contributed by atoms with Crippen LogP contribution in [0.25, 0.3) is 0 Å². The van der Waals surface area contributed by atoms with E-state index in [1.165, 1.54) is 50.2 Å². The SMILES string of the molecule is CN1CCC(CCNCCc2cccs2)CC1. The van der Waals surface area contributed by atoms with E-state index in [-0.39, 0.29) is 0 Å². The summed E-state index contributed by atoms with van der Waals surface area (Å²) < 4.78 is 0. The molecule has 0 amide bonds. The summed E-state index contributed by atoms with van der Waals surface area (Å²) in [6.45, 7) is 4.91. The topological polar surface area (TPSA) is 15.3 Å². The van der Waals surface area contributed by atoms with E-state index >= 15 is 0 Å². The average molecular weight is 252 g/mol. The molecular formula is C14H24N2S. The number of likely N-dealkylation sites (tertiary alicyclic amines) is 1. The van der Waals surface area contributed by atoms with Crippen molar-refractivity contribution in [2.45, 2.75) is 25.7 Å². The number of rotatable bonds is 6. The molecule has 3 heteroatoms. The molecule has 1 saturated heterocycles. The van der Waals surface area contributed by atoms with Gasteiger partial charge in [0.15, 0.2) is 0 Å². The smallest absolute Gasteiger partial charge is 0.00578 e. The van der Waals surface area contributed by atoms with Gasteiger partial charge < -0.3 is 10.2 Å². The van der Waals surface area contributed by atoms with Crippen LogP contribution in [-0.4, -0.2) is 38.1 Å². The molecule has 1 fully saturated rings. The van der Waals surface area contributed by atoms with Crippen molar-refractivity contribution >= 4 is 11.3 Å². The van der Waals surface area contributed by atoms with E-state index < -0.39 is 0 Å². The Morgan fingerprint density at radius 2 is 2.18 bits per heavy atom. The molecule has 2 heterocycles. The quantitative estimate of drug-likeness (QED) is 0.783. The monoisotopic (exact) mass is 252 g/mol. The zero-order valence-corrected chi connectivity index (χ0v) is 11.6. The maximum atomic E-state index is 3.58. The first-order valence-corrected chi connectivity index (χ1v) is 7.64. The Kier molecular flexibility index (Phi) is 5.49. The summed E-state index contributed by atoms with van der Waals surface area (Å²) in [7, 11) is 2.23. The number of piperidine rings is 1. The molecule has 0 unspecified atom stereocenters. The first-order valence-electron chi connectivity index (χ1n) is 6.76. The number of nitrogens with zero attached hydrogens (tertiary/aromatic N) is 1. The second-order valence-electron chi connectivity index (χ2n) is 5.11. The largest absolute Gasteiger partial charge is 0.316 e. The normalized spacial score (nSPS) is 18.6. The molecule has 0 saturated carbocycles. The van der Waals surface area contributed by atoms with Gasteiger partial charge in [-0.3, -0.25) is 0 Å². The molecule has 17 heavy (non-hydrogen) atoms. The summed E-state index contributed by atoms with van der Waals surface area (Å²) in [6, 6.07) is 4.36. The Hall–Kier alpha value is -0.380. The first-order chi connectivity index (χ1) is 8.34. The van der Waals surface area contributed by atoms with E-state index in [2.05, 4.69) is 34.8 Å². The van der Waals surface area contributed by atoms with Crippen LogP contribution in [0.1, 0.15) is 24.1 Å². The summed E-state index contributed by atoms with van der Waals surface area (Å²) in [5, 5.41) is 5.74. The molecule has 1 aromatic rings. The standard InChI is InChI=1S/C14H24N2S/c1-16-10-6-13(7-11-16)4-8-15-9-5-14-3-2-12-17-14/h2-3,12-13,15H,4-11H2,1H3. The molecule has 0 bridgehead atoms. The molecule has 96 valence electrons. The second-order valence-corrected chi connectivity index (χ2v) is 6.15. The van der Waals surface area contributed by atoms with E-state index in [4.69, 9.17) is 0 Å². The third-order valence-electron chi connectivity index (χ3n) is 3.70. The summed E-state index contributed by atoms with van der Waals surface area (Å²) in [5.74, 6) is 0.959. The molecule has 1 N–H and O–H groups in total. The van der Waals surface area contributed by atoms with E-state index in [1.54, 1.807) is 0 Å². The number of nitrogens with one attached hydrogen (secondary N) is 1. The molecule has 1 aromatic heterocycles. The fourth-order valence-electron chi connectivity index (χ4n) is 2.45. The van der Waals surface area contributed by atoms with Crippen LogP contribution < -0.4 is 5.32 Å². The van der Waals surface area contributed by atoms with E-state index in [0.717, 1.165) is 12.5 Å². The van der Waals surface area contributed by atoms with Crippen LogP contribution in [0.4, 0.5) is 0 Å². The third kappa shape index (κ3) is 4.78. The Morgan fingerprint density at radius 3 is 2.88 bits per heavy atom. The van der Waals surface area contributed by atoms with Crippen molar-refractivity contribution in [1.82, 2.24) is 10.2 Å². The highest BCUT2D eigenvalue weighted by atomic mass is 32.1. The summed E-state index contributed by atoms with van der Waals surface area (Å²) in [6.07, 6.45) is 5.33. The van der Waals surface area contributed by atoms with E-state index in [9.17, 15) is 0 Å². The fraction of sp³-hybridized carbons (Fsp3) is 0.714. The lowest BCUT2D eigenvalue weighted by Crippen LogP contribution is -2.31. The Bertz CT molecular complexity index is 289. The summed E-state index contributed by atoms with van der Waals surface area (Å²) in [4.78, 5) is 3.94. The van der Waals surface area contributed by atoms with E-state index in [1.807, 2.05) is 11.3 Å². The minimum absolute atomic E-state index is 0.959. The predicted octanol–water partition coefficient (Wildman–Crippen LogP) is 2.61. The lowest BCUT2D eigenvalue weighted by molar-refractivity contribution is 0.212. The molecule has 0 aromatic carbocycles. The van der Waals surface area contributed by atoms with E-state index in [0.29, 0.717) is 0 Å². The van der Waals surface area contributed by atoms with Gasteiger partial charge in [-0.15, -0.1) is 11.3 Å². The van der Waals surface area contributed by atoms with Gasteiger partial charge in [0.2, 0.25) is 0 Å². The Balaban J connectivity index is 1.49. The molecule has 1 aliphatic rings. The maximum absolute atomic E-state index is 3.58. The number of thiophene rings is 1. The van der Waals surface area contributed by atoms with Crippen molar-refractivity contribution in [1.29, 1.82) is 0 Å². The molecule has 2 rings (SSSR count). The maximum Gasteiger partial charge on any atom is 0.00578 e. The van der Waals surface area contributed by atoms with Gasteiger partial charge in [-0.2, -0.15) is 0 Å². The van der Waals surface area contributed by atoms with Crippen LogP contribution in [0.15, 0.2) is 17.5 Å². The first kappa shape index (κ1) is 13.1. The summed E-state index contributed by atoms with van der Waals surface area (Å²) in [5.41, 5.74) is 0. The lowest BCUT2D eigenvalue weighted by atomic mass is 9.94. The molecular weight excluding hydrogens is 228 g/mol. The minimum atomic E-state index is 0.959. The van der Waals surface area contributed by atoms with Gasteiger partial charge in [0.05, 0.1) is 0 Å². The van der Waals surface area contributed by atoms with Crippen molar-refractivity contribution in [3.63, 3.8) is 0 Å². The molecule has 0 atom stereocenters. The molecule has 2 nitrogen and oxygen atoms in total. The minimum Gasteiger partial charge on any atom is -0.316 e. The molecule has 1 aliphatic heterocycles. The molecule has 0 spiro atoms. The van der Waals surface area contributed by atoms with Gasteiger partial charge in [0, 0.05) is 4.88 Å². The zero-order chi connectivity index (χ0) is 11.9. The zero-order valence-electron chi connectivity index (χ0n) is 10.8. The highest BCUT2D eigenvalue weighted by Crippen LogP contribution is 2.18. The average Bonchev–Trinajstić information content (AvgIpc) is 2.84. The van der Waals surface area contributed by atoms with Gasteiger partial charge in [0.25, 0.3) is 0 Å². The molecule has 0 radical (unpaired) electrons. The highest BCUT2D eigenvalue weighted by molar-refractivity contribution is 7.09. The number of hydrogen-bond acceptors (Lipinski definition) is 3. The van der Waals surface area contributed by atoms with Crippen LogP contribution in [0.5, 0.6) is 0 Å². The van der Waals surface area contributed by atoms with Crippen molar-refractivity contribution in [3.8, 4) is 0 Å². The van der Waals surface area contributed by atoms with Gasteiger partial charge in [-0.1, -0.05) is 6.07 Å². The van der Waals surface area contributed by atoms with Gasteiger partial charge in [-0.05, 0) is 76.3 Å². The highest BCUT2D eigenvalue weighted by Gasteiger charge is 2.15. The van der Waals surface area contributed by atoms with Crippen molar-refractivity contribution in [2.24, 2.45) is 5.92 Å². The van der Waals surface area contributed by atoms with Crippen LogP contribution >= 0.6 is 11.3 Å². The van der Waals surface area contributed by atoms with Crippen LogP contribution in [0.3, 0.4) is 0 Å². The van der Waals surface area contributed by atoms with Gasteiger partial charge in [0.1, 0.15) is 0 Å². The lowest BCUT2D eigenvalue weighted by Gasteiger charge is -2.28. The summed E-state index contributed by atoms with van der Waals surface area (Å²) >= 11 is 1.86. The van der Waals surface area contributed by atoms with Gasteiger partial charge >= 0.3 is 0 Å². The van der Waals surface area contributed by atoms with Crippen molar-refractivity contribution in [2.75, 3.05) is 33.2 Å². The van der Waals surface area contributed by atoms with Crippen molar-refractivity contribution in [3.05, 3.63) is 22.4 Å². The van der Waals surface area contributed by atoms with Crippen molar-refractivity contribution < 1.29 is 0 Å². The van der Waals surface area contributed by atoms with Crippen LogP contribution in [-0.2, 0) is 6.42 Å². The fourth-order valence-corrected chi connectivity index (χ4v) is 3.16. The van der Waals surface area contributed by atoms with Gasteiger partial charge in [-0.25, -0.2) is 0 Å². The van der Waals surface area contributed by atoms with Crippen LogP contribution in [0, 0.1) is 5.92 Å². The predicted molar refractivity (Wildman–Crippen MR) is 75.7 cm³/mol. The second kappa shape index (κ2) is 7.14. The Labute approximate surface area is 109 Å². The molecule has 0 aliphatic carbocycles.